The quantitative estimate of drug-likeness (QED) is 0.187. The lowest BCUT2D eigenvalue weighted by atomic mass is 10.1. The smallest absolute Gasteiger partial charge is 0.0742 e. The van der Waals surface area contributed by atoms with Crippen LogP contribution in [0, 0.1) is 0 Å². The van der Waals surface area contributed by atoms with Gasteiger partial charge in [-0.1, -0.05) is 142 Å². The van der Waals surface area contributed by atoms with Gasteiger partial charge in [-0.15, -0.1) is 34.0 Å². The van der Waals surface area contributed by atoms with E-state index in [9.17, 15) is 0 Å². The van der Waals surface area contributed by atoms with Crippen LogP contribution in [0.25, 0.3) is 60.6 Å². The Bertz CT molecular complexity index is 1710. The minimum Gasteiger partial charge on any atom is -0.132 e. The van der Waals surface area contributed by atoms with Crippen LogP contribution in [0.3, 0.4) is 0 Å². The normalized spacial score (nSPS) is 11.2. The standard InChI is InChI=1S/C32H20S5/c1-5-13-21(14-6-1)25-29-31(27(33-25)23-17-9-3-10-18-23)36-37-32-28(24-19-11-4-12-20-24)34-26(30(32)35-29)22-15-7-2-8-16-22/h1-20H. The summed E-state index contributed by atoms with van der Waals surface area (Å²) in [5, 5.41) is 0. The van der Waals surface area contributed by atoms with E-state index < -0.39 is 0 Å². The summed E-state index contributed by atoms with van der Waals surface area (Å²) in [6.07, 6.45) is 0. The lowest BCUT2D eigenvalue weighted by Crippen LogP contribution is -1.71. The predicted octanol–water partition coefficient (Wildman–Crippen LogP) is 12.1. The molecule has 0 N–H and O–H groups in total. The molecular formula is C32H20S5. The van der Waals surface area contributed by atoms with E-state index in [0.717, 1.165) is 0 Å². The zero-order valence-corrected chi connectivity index (χ0v) is 23.7. The van der Waals surface area contributed by atoms with Gasteiger partial charge in [-0.25, -0.2) is 0 Å². The Morgan fingerprint density at radius 2 is 0.541 bits per heavy atom. The highest BCUT2D eigenvalue weighted by Crippen LogP contribution is 2.53. The second-order valence-corrected chi connectivity index (χ2v) is 13.8. The molecule has 0 saturated heterocycles. The second kappa shape index (κ2) is 10.0. The summed E-state index contributed by atoms with van der Waals surface area (Å²) in [5.74, 6) is 0. The first-order chi connectivity index (χ1) is 18.4. The first-order valence-corrected chi connectivity index (χ1v) is 16.5. The molecule has 4 aromatic carbocycles. The molecule has 0 aliphatic rings. The van der Waals surface area contributed by atoms with Crippen molar-refractivity contribution in [3.63, 3.8) is 0 Å². The third kappa shape index (κ3) is 4.27. The molecule has 0 radical (unpaired) electrons. The summed E-state index contributed by atoms with van der Waals surface area (Å²) in [6.45, 7) is 0. The maximum atomic E-state index is 2.24. The minimum absolute atomic E-state index is 1.28. The second-order valence-electron chi connectivity index (χ2n) is 8.57. The highest BCUT2D eigenvalue weighted by Gasteiger charge is 2.20. The molecule has 0 amide bonds. The summed E-state index contributed by atoms with van der Waals surface area (Å²) in [4.78, 5) is 5.42. The largest absolute Gasteiger partial charge is 0.132 e. The molecule has 0 bridgehead atoms. The van der Waals surface area contributed by atoms with Crippen LogP contribution in [0.5, 0.6) is 0 Å². The monoisotopic (exact) mass is 564 g/mol. The summed E-state index contributed by atoms with van der Waals surface area (Å²) in [6, 6.07) is 43.5. The van der Waals surface area contributed by atoms with Crippen LogP contribution in [0.4, 0.5) is 0 Å². The molecule has 0 saturated carbocycles. The number of rotatable bonds is 4. The SMILES string of the molecule is c1ccc(-c2sc(-c3ccccc3)c3sc4c(-c5ccccc5)sc(-c5ccccc5)c4ssc23)cc1. The average molecular weight is 565 g/mol. The van der Waals surface area contributed by atoms with Gasteiger partial charge in [0.1, 0.15) is 0 Å². The Hall–Kier alpha value is -3.06. The van der Waals surface area contributed by atoms with Gasteiger partial charge in [0, 0.05) is 0 Å². The fraction of sp³-hybridized carbons (Fsp3) is 0. The number of hydrogen-bond acceptors (Lipinski definition) is 5. The minimum atomic E-state index is 1.28. The van der Waals surface area contributed by atoms with Crippen molar-refractivity contribution in [3.05, 3.63) is 121 Å². The molecule has 7 aromatic rings. The van der Waals surface area contributed by atoms with Crippen LogP contribution in [0.1, 0.15) is 0 Å². The fourth-order valence-electron chi connectivity index (χ4n) is 4.44. The van der Waals surface area contributed by atoms with Gasteiger partial charge in [0.25, 0.3) is 0 Å². The molecule has 3 heterocycles. The molecule has 0 aliphatic heterocycles. The molecule has 7 rings (SSSR count). The molecule has 5 heteroatoms. The number of hydrogen-bond donors (Lipinski definition) is 0. The Labute approximate surface area is 235 Å². The molecule has 3 aromatic heterocycles. The molecule has 0 unspecified atom stereocenters. The van der Waals surface area contributed by atoms with Crippen LogP contribution in [0.2, 0.25) is 0 Å². The van der Waals surface area contributed by atoms with Crippen molar-refractivity contribution in [1.82, 2.24) is 0 Å². The molecular weight excluding hydrogens is 545 g/mol. The van der Waals surface area contributed by atoms with Gasteiger partial charge in [-0.05, 0) is 22.3 Å². The van der Waals surface area contributed by atoms with Gasteiger partial charge in [0.05, 0.1) is 38.3 Å². The van der Waals surface area contributed by atoms with Crippen molar-refractivity contribution in [1.29, 1.82) is 0 Å². The topological polar surface area (TPSA) is 0 Å². The zero-order chi connectivity index (χ0) is 24.6. The van der Waals surface area contributed by atoms with Crippen LogP contribution < -0.4 is 0 Å². The molecule has 178 valence electrons. The van der Waals surface area contributed by atoms with Crippen LogP contribution in [0.15, 0.2) is 121 Å². The third-order valence-electron chi connectivity index (χ3n) is 6.20. The third-order valence-corrected chi connectivity index (χ3v) is 13.3. The molecule has 0 atom stereocenters. The summed E-state index contributed by atoms with van der Waals surface area (Å²) >= 11 is 5.79. The van der Waals surface area contributed by atoms with Crippen molar-refractivity contribution in [2.24, 2.45) is 0 Å². The van der Waals surface area contributed by atoms with Gasteiger partial charge >= 0.3 is 0 Å². The van der Waals surface area contributed by atoms with E-state index in [-0.39, 0.29) is 0 Å². The Kier molecular flexibility index (Phi) is 6.25. The van der Waals surface area contributed by atoms with E-state index in [1.807, 2.05) is 54.7 Å². The Morgan fingerprint density at radius 1 is 0.270 bits per heavy atom. The number of fused-ring (bicyclic) bond motifs is 2. The lowest BCUT2D eigenvalue weighted by molar-refractivity contribution is 1.71. The highest BCUT2D eigenvalue weighted by molar-refractivity contribution is 7.75. The average Bonchev–Trinajstić information content (AvgIpc) is 3.46. The van der Waals surface area contributed by atoms with Crippen molar-refractivity contribution in [2.75, 3.05) is 0 Å². The van der Waals surface area contributed by atoms with Crippen molar-refractivity contribution in [2.45, 2.75) is 0 Å². The number of benzene rings is 4. The van der Waals surface area contributed by atoms with Gasteiger partial charge < -0.3 is 0 Å². The van der Waals surface area contributed by atoms with E-state index in [2.05, 4.69) is 121 Å². The molecule has 0 spiro atoms. The molecule has 0 aliphatic carbocycles. The van der Waals surface area contributed by atoms with Gasteiger partial charge in [-0.2, -0.15) is 0 Å². The van der Waals surface area contributed by atoms with Gasteiger partial charge in [-0.3, -0.25) is 0 Å². The highest BCUT2D eigenvalue weighted by atomic mass is 32.9. The summed E-state index contributed by atoms with van der Waals surface area (Å²) in [7, 11) is 3.84. The van der Waals surface area contributed by atoms with E-state index in [1.54, 1.807) is 0 Å². The van der Waals surface area contributed by atoms with Crippen LogP contribution >= 0.6 is 54.7 Å². The number of thiophene rings is 2. The fourth-order valence-corrected chi connectivity index (χ4v) is 12.5. The van der Waals surface area contributed by atoms with E-state index >= 15 is 0 Å². The first kappa shape index (κ1) is 23.1. The van der Waals surface area contributed by atoms with E-state index in [4.69, 9.17) is 0 Å². The van der Waals surface area contributed by atoms with E-state index in [1.165, 1.54) is 60.6 Å². The van der Waals surface area contributed by atoms with Crippen molar-refractivity contribution >= 4 is 73.5 Å². The van der Waals surface area contributed by atoms with Gasteiger partial charge in [0.2, 0.25) is 0 Å². The van der Waals surface area contributed by atoms with Gasteiger partial charge in [0.15, 0.2) is 0 Å². The summed E-state index contributed by atoms with van der Waals surface area (Å²) < 4.78 is 5.51. The van der Waals surface area contributed by atoms with Crippen LogP contribution in [-0.2, 0) is 0 Å². The maximum absolute atomic E-state index is 2.24. The zero-order valence-electron chi connectivity index (χ0n) is 19.6. The van der Waals surface area contributed by atoms with E-state index in [0.29, 0.717) is 0 Å². The first-order valence-electron chi connectivity index (χ1n) is 11.9. The Balaban J connectivity index is 1.61. The Morgan fingerprint density at radius 3 is 0.838 bits per heavy atom. The molecule has 0 fully saturated rings. The molecule has 0 nitrogen and oxygen atoms in total. The lowest BCUT2D eigenvalue weighted by Gasteiger charge is -1.99. The maximum Gasteiger partial charge on any atom is 0.0742 e. The van der Waals surface area contributed by atoms with Crippen molar-refractivity contribution in [3.8, 4) is 41.8 Å². The predicted molar refractivity (Wildman–Crippen MR) is 170 cm³/mol. The molecule has 37 heavy (non-hydrogen) atoms. The van der Waals surface area contributed by atoms with Crippen molar-refractivity contribution < 1.29 is 0 Å². The summed E-state index contributed by atoms with van der Waals surface area (Å²) in [5.41, 5.74) is 5.14. The van der Waals surface area contributed by atoms with Crippen LogP contribution in [-0.4, -0.2) is 0 Å².